The van der Waals surface area contributed by atoms with Gasteiger partial charge >= 0.3 is 0 Å². The van der Waals surface area contributed by atoms with Crippen LogP contribution in [-0.2, 0) is 0 Å². The highest BCUT2D eigenvalue weighted by Crippen LogP contribution is 2.36. The first kappa shape index (κ1) is 12.3. The van der Waals surface area contributed by atoms with Crippen LogP contribution in [0, 0.1) is 0 Å². The van der Waals surface area contributed by atoms with Gasteiger partial charge in [0.1, 0.15) is 5.03 Å². The van der Waals surface area contributed by atoms with E-state index < -0.39 is 0 Å². The van der Waals surface area contributed by atoms with E-state index in [0.29, 0.717) is 0 Å². The van der Waals surface area contributed by atoms with Crippen molar-refractivity contribution in [2.45, 2.75) is 9.37 Å². The van der Waals surface area contributed by atoms with Crippen molar-refractivity contribution >= 4 is 60.8 Å². The quantitative estimate of drug-likeness (QED) is 0.493. The summed E-state index contributed by atoms with van der Waals surface area (Å²) in [5.41, 5.74) is 1.00. The molecule has 1 aromatic carbocycles. The van der Waals surface area contributed by atoms with Crippen LogP contribution in [0.4, 0.5) is 0 Å². The molecule has 0 aliphatic heterocycles. The molecule has 90 valence electrons. The van der Waals surface area contributed by atoms with Crippen molar-refractivity contribution in [2.24, 2.45) is 0 Å². The molecule has 0 unspecified atom stereocenters. The molecular weight excluding hydrogens is 354 g/mol. The highest BCUT2D eigenvalue weighted by atomic mass is 79.9. The van der Waals surface area contributed by atoms with E-state index in [0.717, 1.165) is 24.1 Å². The van der Waals surface area contributed by atoms with Gasteiger partial charge in [-0.2, -0.15) is 0 Å². The summed E-state index contributed by atoms with van der Waals surface area (Å²) < 4.78 is 2.92. The van der Waals surface area contributed by atoms with E-state index in [1.807, 2.05) is 18.2 Å². The van der Waals surface area contributed by atoms with Crippen LogP contribution in [0.1, 0.15) is 0 Å². The summed E-state index contributed by atoms with van der Waals surface area (Å²) in [6.45, 7) is 0. The van der Waals surface area contributed by atoms with Crippen LogP contribution in [0.15, 0.2) is 44.3 Å². The monoisotopic (exact) mass is 357 g/mol. The molecule has 0 saturated carbocycles. The van der Waals surface area contributed by atoms with Crippen molar-refractivity contribution in [3.05, 3.63) is 40.2 Å². The third-order valence-electron chi connectivity index (χ3n) is 2.14. The molecule has 3 nitrogen and oxygen atoms in total. The first-order chi connectivity index (χ1) is 8.72. The lowest BCUT2D eigenvalue weighted by molar-refractivity contribution is 1.02. The number of rotatable bonds is 2. The third-order valence-corrected chi connectivity index (χ3v) is 5.27. The fraction of sp³-hybridized carbons (Fsp3) is 0. The number of fused-ring (bicyclic) bond motifs is 1. The number of benzene rings is 1. The summed E-state index contributed by atoms with van der Waals surface area (Å²) in [4.78, 5) is 12.6. The molecule has 7 heteroatoms. The number of para-hydroxylation sites is 1. The second-order valence-electron chi connectivity index (χ2n) is 3.34. The van der Waals surface area contributed by atoms with Crippen LogP contribution >= 0.6 is 50.6 Å². The van der Waals surface area contributed by atoms with E-state index in [4.69, 9.17) is 11.6 Å². The average molecular weight is 359 g/mol. The standard InChI is InChI=1S/C11H5BrClN3S2/c12-6-5-14-10(13)16-9(6)18-11-15-7-3-1-2-4-8(7)17-11/h1-5H. The maximum atomic E-state index is 5.79. The molecule has 0 N–H and O–H groups in total. The Balaban J connectivity index is 1.98. The lowest BCUT2D eigenvalue weighted by Gasteiger charge is -1.99. The zero-order valence-electron chi connectivity index (χ0n) is 8.80. The predicted molar refractivity (Wildman–Crippen MR) is 78.5 cm³/mol. The van der Waals surface area contributed by atoms with Gasteiger partial charge in [0.25, 0.3) is 0 Å². The molecule has 0 radical (unpaired) electrons. The van der Waals surface area contributed by atoms with E-state index in [2.05, 4.69) is 36.9 Å². The molecule has 0 bridgehead atoms. The minimum Gasteiger partial charge on any atom is -0.229 e. The second kappa shape index (κ2) is 5.13. The van der Waals surface area contributed by atoms with E-state index in [1.54, 1.807) is 17.5 Å². The van der Waals surface area contributed by atoms with Crippen LogP contribution < -0.4 is 0 Å². The van der Waals surface area contributed by atoms with Gasteiger partial charge in [-0.3, -0.25) is 0 Å². The number of aromatic nitrogens is 3. The molecule has 0 saturated heterocycles. The van der Waals surface area contributed by atoms with Crippen molar-refractivity contribution in [3.63, 3.8) is 0 Å². The Bertz CT molecular complexity index is 683. The first-order valence-corrected chi connectivity index (χ1v) is 7.74. The summed E-state index contributed by atoms with van der Waals surface area (Å²) in [5, 5.41) is 1.01. The lowest BCUT2D eigenvalue weighted by atomic mass is 10.3. The maximum absolute atomic E-state index is 5.79. The van der Waals surface area contributed by atoms with Gasteiger partial charge in [0.05, 0.1) is 14.7 Å². The number of nitrogens with zero attached hydrogens (tertiary/aromatic N) is 3. The molecule has 0 aliphatic rings. The molecule has 0 spiro atoms. The van der Waals surface area contributed by atoms with Crippen molar-refractivity contribution in [3.8, 4) is 0 Å². The van der Waals surface area contributed by atoms with Gasteiger partial charge in [0, 0.05) is 6.20 Å². The highest BCUT2D eigenvalue weighted by molar-refractivity contribution is 9.10. The Kier molecular flexibility index (Phi) is 3.52. The van der Waals surface area contributed by atoms with Crippen molar-refractivity contribution < 1.29 is 0 Å². The maximum Gasteiger partial charge on any atom is 0.223 e. The predicted octanol–water partition coefficient (Wildman–Crippen LogP) is 4.65. The number of halogens is 2. The molecule has 3 aromatic rings. The van der Waals surface area contributed by atoms with Crippen molar-refractivity contribution in [1.29, 1.82) is 0 Å². The van der Waals surface area contributed by atoms with Gasteiger partial charge in [0.15, 0.2) is 4.34 Å². The zero-order valence-corrected chi connectivity index (χ0v) is 12.8. The SMILES string of the molecule is Clc1ncc(Br)c(Sc2nc3ccccc3s2)n1. The van der Waals surface area contributed by atoms with Gasteiger partial charge in [-0.25, -0.2) is 15.0 Å². The van der Waals surface area contributed by atoms with Gasteiger partial charge in [-0.15, -0.1) is 11.3 Å². The Morgan fingerprint density at radius 1 is 1.22 bits per heavy atom. The largest absolute Gasteiger partial charge is 0.229 e. The third kappa shape index (κ3) is 2.51. The van der Waals surface area contributed by atoms with E-state index >= 15 is 0 Å². The Labute approximate surface area is 125 Å². The first-order valence-electron chi connectivity index (χ1n) is 4.94. The highest BCUT2D eigenvalue weighted by Gasteiger charge is 2.10. The molecule has 0 aliphatic carbocycles. The molecule has 3 rings (SSSR count). The van der Waals surface area contributed by atoms with Crippen LogP contribution in [0.2, 0.25) is 5.28 Å². The Morgan fingerprint density at radius 3 is 2.89 bits per heavy atom. The minimum atomic E-state index is 0.238. The van der Waals surface area contributed by atoms with Crippen LogP contribution in [0.3, 0.4) is 0 Å². The number of thiazole rings is 1. The second-order valence-corrected chi connectivity index (χ2v) is 6.80. The average Bonchev–Trinajstić information content (AvgIpc) is 2.76. The lowest BCUT2D eigenvalue weighted by Crippen LogP contribution is -1.86. The molecule has 2 aromatic heterocycles. The summed E-state index contributed by atoms with van der Waals surface area (Å²) in [6.07, 6.45) is 1.64. The molecule has 2 heterocycles. The smallest absolute Gasteiger partial charge is 0.223 e. The van der Waals surface area contributed by atoms with E-state index in [-0.39, 0.29) is 5.28 Å². The molecular formula is C11H5BrClN3S2. The summed E-state index contributed by atoms with van der Waals surface area (Å²) >= 11 is 12.3. The van der Waals surface area contributed by atoms with Crippen LogP contribution in [-0.4, -0.2) is 15.0 Å². The van der Waals surface area contributed by atoms with Crippen LogP contribution in [0.25, 0.3) is 10.2 Å². The Hall–Kier alpha value is -0.690. The molecule has 0 amide bonds. The van der Waals surface area contributed by atoms with E-state index in [9.17, 15) is 0 Å². The topological polar surface area (TPSA) is 38.7 Å². The van der Waals surface area contributed by atoms with Crippen LogP contribution in [0.5, 0.6) is 0 Å². The molecule has 0 atom stereocenters. The number of hydrogen-bond acceptors (Lipinski definition) is 5. The Morgan fingerprint density at radius 2 is 2.06 bits per heavy atom. The normalized spacial score (nSPS) is 11.0. The molecule has 0 fully saturated rings. The summed E-state index contributed by atoms with van der Waals surface area (Å²) in [5.74, 6) is 0. The minimum absolute atomic E-state index is 0.238. The van der Waals surface area contributed by atoms with Gasteiger partial charge in [-0.05, 0) is 51.4 Å². The fourth-order valence-corrected chi connectivity index (χ4v) is 3.96. The summed E-state index contributed by atoms with van der Waals surface area (Å²) in [6, 6.07) is 8.04. The van der Waals surface area contributed by atoms with Gasteiger partial charge < -0.3 is 0 Å². The number of hydrogen-bond donors (Lipinski definition) is 0. The fourth-order valence-electron chi connectivity index (χ4n) is 1.38. The zero-order chi connectivity index (χ0) is 12.5. The van der Waals surface area contributed by atoms with Gasteiger partial charge in [-0.1, -0.05) is 12.1 Å². The molecule has 18 heavy (non-hydrogen) atoms. The van der Waals surface area contributed by atoms with Crippen molar-refractivity contribution in [2.75, 3.05) is 0 Å². The van der Waals surface area contributed by atoms with E-state index in [1.165, 1.54) is 11.8 Å². The van der Waals surface area contributed by atoms with Gasteiger partial charge in [0.2, 0.25) is 5.28 Å². The van der Waals surface area contributed by atoms with Crippen molar-refractivity contribution in [1.82, 2.24) is 15.0 Å². The summed E-state index contributed by atoms with van der Waals surface area (Å²) in [7, 11) is 0.